The van der Waals surface area contributed by atoms with Gasteiger partial charge in [0.25, 0.3) is 0 Å². The van der Waals surface area contributed by atoms with Crippen LogP contribution < -0.4 is 5.73 Å². The summed E-state index contributed by atoms with van der Waals surface area (Å²) in [5.41, 5.74) is 6.38. The van der Waals surface area contributed by atoms with Crippen LogP contribution in [-0.2, 0) is 0 Å². The van der Waals surface area contributed by atoms with E-state index in [1.165, 1.54) is 0 Å². The average molecular weight is 238 g/mol. The van der Waals surface area contributed by atoms with Crippen LogP contribution in [0.5, 0.6) is 0 Å². The third-order valence-corrected chi connectivity index (χ3v) is 1.34. The van der Waals surface area contributed by atoms with Crippen molar-refractivity contribution >= 4 is 29.1 Å². The predicted molar refractivity (Wildman–Crippen MR) is 49.6 cm³/mol. The van der Waals surface area contributed by atoms with Crippen LogP contribution in [0, 0.1) is 5.92 Å². The van der Waals surface area contributed by atoms with E-state index in [9.17, 15) is 0 Å². The molecule has 0 aromatic heterocycles. The molecule has 0 aliphatic rings. The molecule has 0 radical (unpaired) electrons. The maximum Gasteiger partial charge on any atom is 0.0831 e. The number of hydrogen-bond donors (Lipinski definition) is 1. The van der Waals surface area contributed by atoms with Crippen molar-refractivity contribution in [2.24, 2.45) is 14.9 Å². The van der Waals surface area contributed by atoms with Crippen molar-refractivity contribution in [3.8, 4) is 0 Å². The van der Waals surface area contributed by atoms with Crippen molar-refractivity contribution in [1.29, 1.82) is 0 Å². The summed E-state index contributed by atoms with van der Waals surface area (Å²) in [5, 5.41) is 0. The van der Waals surface area contributed by atoms with Crippen LogP contribution in [0.1, 0.15) is 13.8 Å². The Morgan fingerprint density at radius 3 is 2.33 bits per heavy atom. The monoisotopic (exact) mass is 238 g/mol. The first-order valence-corrected chi connectivity index (χ1v) is 3.75. The van der Waals surface area contributed by atoms with Crippen molar-refractivity contribution in [2.45, 2.75) is 13.8 Å². The van der Waals surface area contributed by atoms with Crippen LogP contribution in [0.4, 0.5) is 0 Å². The Kier molecular flexibility index (Phi) is 4.75. The van der Waals surface area contributed by atoms with Crippen LogP contribution in [0.25, 0.3) is 0 Å². The Balaban J connectivity index is 4.01. The van der Waals surface area contributed by atoms with Crippen LogP contribution in [0.2, 0.25) is 0 Å². The minimum absolute atomic E-state index is 0.466. The zero-order chi connectivity index (χ0) is 7.28. The third-order valence-electron chi connectivity index (χ3n) is 1.06. The van der Waals surface area contributed by atoms with E-state index in [4.69, 9.17) is 5.73 Å². The van der Waals surface area contributed by atoms with Gasteiger partial charge in [-0.25, -0.2) is 3.21 Å². The number of nitrogens with two attached hydrogens (primary N) is 1. The maximum absolute atomic E-state index is 5.30. The fourth-order valence-corrected chi connectivity index (χ4v) is 0.763. The maximum atomic E-state index is 5.30. The van der Waals surface area contributed by atoms with Crippen LogP contribution >= 0.6 is 22.9 Å². The SMILES string of the molecule is CC(C)C(C=NI)=CN. The highest BCUT2D eigenvalue weighted by molar-refractivity contribution is 14.1. The zero-order valence-electron chi connectivity index (χ0n) is 5.63. The van der Waals surface area contributed by atoms with Gasteiger partial charge >= 0.3 is 0 Å². The van der Waals surface area contributed by atoms with Crippen molar-refractivity contribution in [2.75, 3.05) is 0 Å². The Morgan fingerprint density at radius 2 is 2.22 bits per heavy atom. The Hall–Kier alpha value is -0.0600. The molecule has 0 saturated heterocycles. The lowest BCUT2D eigenvalue weighted by Gasteiger charge is -2.01. The minimum Gasteiger partial charge on any atom is -0.404 e. The molecule has 0 aromatic carbocycles. The van der Waals surface area contributed by atoms with Gasteiger partial charge in [0.2, 0.25) is 0 Å². The minimum atomic E-state index is 0.466. The number of allylic oxidation sites excluding steroid dienone is 1. The molecule has 2 nitrogen and oxygen atoms in total. The van der Waals surface area contributed by atoms with Gasteiger partial charge in [-0.1, -0.05) is 13.8 Å². The fourth-order valence-electron chi connectivity index (χ4n) is 0.441. The van der Waals surface area contributed by atoms with Gasteiger partial charge in [-0.2, -0.15) is 0 Å². The molecule has 0 fully saturated rings. The summed E-state index contributed by atoms with van der Waals surface area (Å²) in [7, 11) is 0. The van der Waals surface area contributed by atoms with Crippen molar-refractivity contribution in [1.82, 2.24) is 0 Å². The summed E-state index contributed by atoms with van der Waals surface area (Å²) in [4.78, 5) is 0. The second-order valence-corrected chi connectivity index (χ2v) is 2.61. The number of rotatable bonds is 2. The highest BCUT2D eigenvalue weighted by Gasteiger charge is 1.96. The molecule has 2 N–H and O–H groups in total. The van der Waals surface area contributed by atoms with Gasteiger partial charge in [-0.3, -0.25) is 0 Å². The van der Waals surface area contributed by atoms with Crippen molar-refractivity contribution in [3.63, 3.8) is 0 Å². The van der Waals surface area contributed by atoms with E-state index in [0.29, 0.717) is 5.92 Å². The lowest BCUT2D eigenvalue weighted by Crippen LogP contribution is -1.98. The molecular weight excluding hydrogens is 227 g/mol. The van der Waals surface area contributed by atoms with E-state index in [0.717, 1.165) is 5.57 Å². The molecule has 0 rings (SSSR count). The molecule has 0 heterocycles. The highest BCUT2D eigenvalue weighted by Crippen LogP contribution is 2.04. The lowest BCUT2D eigenvalue weighted by molar-refractivity contribution is 0.804. The van der Waals surface area contributed by atoms with E-state index < -0.39 is 0 Å². The average Bonchev–Trinajstić information content (AvgIpc) is 1.82. The summed E-state index contributed by atoms with van der Waals surface area (Å²) < 4.78 is 3.82. The summed E-state index contributed by atoms with van der Waals surface area (Å²) >= 11 is 1.93. The Morgan fingerprint density at radius 1 is 1.67 bits per heavy atom. The first-order chi connectivity index (χ1) is 4.22. The van der Waals surface area contributed by atoms with Gasteiger partial charge in [0.1, 0.15) is 0 Å². The summed E-state index contributed by atoms with van der Waals surface area (Å²) in [6.07, 6.45) is 3.36. The van der Waals surface area contributed by atoms with Gasteiger partial charge < -0.3 is 5.73 Å². The van der Waals surface area contributed by atoms with E-state index in [1.54, 1.807) is 12.4 Å². The molecule has 52 valence electrons. The standard InChI is InChI=1S/C6H11IN2/c1-5(2)6(3-8)4-9-7/h3-5H,8H2,1-2H3. The number of hydrogen-bond acceptors (Lipinski definition) is 2. The number of nitrogens with zero attached hydrogens (tertiary/aromatic N) is 1. The summed E-state index contributed by atoms with van der Waals surface area (Å²) in [6, 6.07) is 0. The molecule has 0 atom stereocenters. The van der Waals surface area contributed by atoms with Gasteiger partial charge in [-0.05, 0) is 17.7 Å². The molecule has 0 amide bonds. The van der Waals surface area contributed by atoms with Gasteiger partial charge in [0, 0.05) is 6.21 Å². The summed E-state index contributed by atoms with van der Waals surface area (Å²) in [5.74, 6) is 0.466. The molecule has 9 heavy (non-hydrogen) atoms. The molecule has 0 aliphatic heterocycles. The Labute approximate surface area is 69.7 Å². The predicted octanol–water partition coefficient (Wildman–Crippen LogP) is 1.91. The molecule has 0 unspecified atom stereocenters. The second kappa shape index (κ2) is 4.78. The van der Waals surface area contributed by atoms with E-state index in [2.05, 4.69) is 17.1 Å². The quantitative estimate of drug-likeness (QED) is 0.579. The zero-order valence-corrected chi connectivity index (χ0v) is 7.79. The molecular formula is C6H11IN2. The lowest BCUT2D eigenvalue weighted by atomic mass is 10.1. The van der Waals surface area contributed by atoms with E-state index >= 15 is 0 Å². The van der Waals surface area contributed by atoms with Gasteiger partial charge in [0.05, 0.1) is 22.9 Å². The van der Waals surface area contributed by atoms with Crippen LogP contribution in [-0.4, -0.2) is 6.21 Å². The van der Waals surface area contributed by atoms with Crippen molar-refractivity contribution in [3.05, 3.63) is 11.8 Å². The van der Waals surface area contributed by atoms with Crippen LogP contribution in [0.15, 0.2) is 15.0 Å². The number of halogens is 1. The first-order valence-electron chi connectivity index (χ1n) is 2.78. The van der Waals surface area contributed by atoms with Crippen LogP contribution in [0.3, 0.4) is 0 Å². The topological polar surface area (TPSA) is 38.4 Å². The van der Waals surface area contributed by atoms with Gasteiger partial charge in [-0.15, -0.1) is 0 Å². The molecule has 0 aromatic rings. The molecule has 3 heteroatoms. The molecule has 0 bridgehead atoms. The molecule has 0 spiro atoms. The Bertz CT molecular complexity index is 127. The second-order valence-electron chi connectivity index (χ2n) is 2.05. The third kappa shape index (κ3) is 3.51. The largest absolute Gasteiger partial charge is 0.404 e. The normalized spacial score (nSPS) is 13.6. The molecule has 0 aliphatic carbocycles. The van der Waals surface area contributed by atoms with Crippen molar-refractivity contribution < 1.29 is 0 Å². The van der Waals surface area contributed by atoms with Gasteiger partial charge in [0.15, 0.2) is 0 Å². The molecule has 0 saturated carbocycles. The van der Waals surface area contributed by atoms with E-state index in [1.807, 2.05) is 22.9 Å². The highest BCUT2D eigenvalue weighted by atomic mass is 127. The fraction of sp³-hybridized carbons (Fsp3) is 0.500. The first kappa shape index (κ1) is 8.94. The smallest absolute Gasteiger partial charge is 0.0831 e. The van der Waals surface area contributed by atoms with E-state index in [-0.39, 0.29) is 0 Å². The summed E-state index contributed by atoms with van der Waals surface area (Å²) in [6.45, 7) is 4.16.